The smallest absolute Gasteiger partial charge is 0.383 e. The zero-order valence-corrected chi connectivity index (χ0v) is 7.12. The van der Waals surface area contributed by atoms with Crippen molar-refractivity contribution in [2.45, 2.75) is 12.1 Å². The van der Waals surface area contributed by atoms with Gasteiger partial charge in [-0.3, -0.25) is 4.79 Å². The van der Waals surface area contributed by atoms with Gasteiger partial charge in [-0.15, -0.1) is 0 Å². The van der Waals surface area contributed by atoms with E-state index in [2.05, 4.69) is 4.74 Å². The third kappa shape index (κ3) is 3.09. The van der Waals surface area contributed by atoms with Gasteiger partial charge in [0.2, 0.25) is 0 Å². The summed E-state index contributed by atoms with van der Waals surface area (Å²) in [5.74, 6) is -7.73. The zero-order chi connectivity index (χ0) is 11.4. The Bertz CT molecular complexity index is 203. The molecule has 0 heterocycles. The minimum absolute atomic E-state index is 0.139. The first-order chi connectivity index (χ1) is 6.23. The van der Waals surface area contributed by atoms with Crippen molar-refractivity contribution in [2.75, 3.05) is 20.3 Å². The predicted octanol–water partition coefficient (Wildman–Crippen LogP) is 0.947. The van der Waals surface area contributed by atoms with Gasteiger partial charge in [0.15, 0.2) is 0 Å². The monoisotopic (exact) mass is 221 g/mol. The van der Waals surface area contributed by atoms with Crippen molar-refractivity contribution < 1.29 is 31.5 Å². The van der Waals surface area contributed by atoms with Crippen molar-refractivity contribution in [3.05, 3.63) is 0 Å². The minimum atomic E-state index is -5.87. The van der Waals surface area contributed by atoms with E-state index in [1.807, 2.05) is 0 Å². The van der Waals surface area contributed by atoms with Crippen LogP contribution in [-0.4, -0.2) is 38.3 Å². The van der Waals surface area contributed by atoms with E-state index < -0.39 is 24.6 Å². The summed E-state index contributed by atoms with van der Waals surface area (Å²) in [5, 5.41) is 1.40. The average molecular weight is 221 g/mol. The molecule has 0 aliphatic heterocycles. The van der Waals surface area contributed by atoms with Gasteiger partial charge in [0.25, 0.3) is 5.91 Å². The lowest BCUT2D eigenvalue weighted by molar-refractivity contribution is -0.269. The fourth-order valence-electron chi connectivity index (χ4n) is 0.506. The first kappa shape index (κ1) is 13.1. The van der Waals surface area contributed by atoms with Gasteiger partial charge >= 0.3 is 12.1 Å². The highest BCUT2D eigenvalue weighted by atomic mass is 19.4. The number of nitrogens with one attached hydrogen (secondary N) is 1. The van der Waals surface area contributed by atoms with E-state index in [9.17, 15) is 26.7 Å². The second kappa shape index (κ2) is 4.54. The van der Waals surface area contributed by atoms with E-state index in [1.165, 1.54) is 12.4 Å². The standard InChI is InChI=1S/C6H8F5NO2/c1-14-3-2-12-4(13)5(7,8)6(9,10)11/h2-3H2,1H3,(H,12,13). The number of alkyl halides is 5. The fraction of sp³-hybridized carbons (Fsp3) is 0.833. The zero-order valence-electron chi connectivity index (χ0n) is 7.12. The van der Waals surface area contributed by atoms with Crippen molar-refractivity contribution in [3.8, 4) is 0 Å². The van der Waals surface area contributed by atoms with Crippen LogP contribution in [0, 0.1) is 0 Å². The second-order valence-electron chi connectivity index (χ2n) is 2.32. The second-order valence-corrected chi connectivity index (χ2v) is 2.32. The summed E-state index contributed by atoms with van der Waals surface area (Å²) < 4.78 is 63.3. The van der Waals surface area contributed by atoms with Gasteiger partial charge in [-0.05, 0) is 0 Å². The molecule has 1 N–H and O–H groups in total. The summed E-state index contributed by atoms with van der Waals surface area (Å²) in [6.45, 7) is -0.541. The van der Waals surface area contributed by atoms with E-state index in [0.717, 1.165) is 0 Å². The summed E-state index contributed by atoms with van der Waals surface area (Å²) in [6.07, 6.45) is -5.87. The molecule has 0 spiro atoms. The molecule has 0 bridgehead atoms. The molecular formula is C6H8F5NO2. The van der Waals surface area contributed by atoms with Gasteiger partial charge in [-0.25, -0.2) is 0 Å². The summed E-state index contributed by atoms with van der Waals surface area (Å²) in [4.78, 5) is 10.3. The van der Waals surface area contributed by atoms with Crippen LogP contribution in [0.1, 0.15) is 0 Å². The Morgan fingerprint density at radius 1 is 1.29 bits per heavy atom. The van der Waals surface area contributed by atoms with Crippen LogP contribution in [0.5, 0.6) is 0 Å². The van der Waals surface area contributed by atoms with Crippen molar-refractivity contribution in [2.24, 2.45) is 0 Å². The average Bonchev–Trinajstić information content (AvgIpc) is 2.02. The molecule has 0 saturated heterocycles. The van der Waals surface area contributed by atoms with Crippen molar-refractivity contribution in [1.29, 1.82) is 0 Å². The third-order valence-corrected chi connectivity index (χ3v) is 1.23. The highest BCUT2D eigenvalue weighted by Gasteiger charge is 2.63. The molecule has 8 heteroatoms. The molecule has 14 heavy (non-hydrogen) atoms. The Labute approximate surface area is 76.2 Å². The Morgan fingerprint density at radius 2 is 1.79 bits per heavy atom. The molecule has 0 rings (SSSR count). The van der Waals surface area contributed by atoms with Gasteiger partial charge in [-0.1, -0.05) is 0 Å². The van der Waals surface area contributed by atoms with Crippen LogP contribution in [0.4, 0.5) is 22.0 Å². The first-order valence-corrected chi connectivity index (χ1v) is 3.45. The summed E-state index contributed by atoms with van der Waals surface area (Å²) >= 11 is 0. The van der Waals surface area contributed by atoms with Crippen LogP contribution in [0.2, 0.25) is 0 Å². The van der Waals surface area contributed by atoms with Gasteiger partial charge in [-0.2, -0.15) is 22.0 Å². The lowest BCUT2D eigenvalue weighted by atomic mass is 10.3. The number of carbonyl (C=O) groups is 1. The molecular weight excluding hydrogens is 213 g/mol. The molecule has 0 unspecified atom stereocenters. The molecule has 0 radical (unpaired) electrons. The summed E-state index contributed by atoms with van der Waals surface area (Å²) in [5.41, 5.74) is 0. The number of amides is 1. The third-order valence-electron chi connectivity index (χ3n) is 1.23. The topological polar surface area (TPSA) is 38.3 Å². The van der Waals surface area contributed by atoms with E-state index in [4.69, 9.17) is 0 Å². The molecule has 0 aromatic rings. The van der Waals surface area contributed by atoms with Crippen LogP contribution >= 0.6 is 0 Å². The number of carbonyl (C=O) groups excluding carboxylic acids is 1. The molecule has 0 aromatic heterocycles. The molecule has 3 nitrogen and oxygen atoms in total. The molecule has 0 fully saturated rings. The Morgan fingerprint density at radius 3 is 2.14 bits per heavy atom. The van der Waals surface area contributed by atoms with Crippen LogP contribution in [0.25, 0.3) is 0 Å². The molecule has 0 aliphatic carbocycles. The van der Waals surface area contributed by atoms with E-state index in [0.29, 0.717) is 0 Å². The lowest BCUT2D eigenvalue weighted by Gasteiger charge is -2.18. The van der Waals surface area contributed by atoms with Gasteiger partial charge in [0.05, 0.1) is 6.61 Å². The quantitative estimate of drug-likeness (QED) is 0.567. The summed E-state index contributed by atoms with van der Waals surface area (Å²) in [7, 11) is 1.22. The maximum Gasteiger partial charge on any atom is 0.463 e. The van der Waals surface area contributed by atoms with Crippen molar-refractivity contribution in [3.63, 3.8) is 0 Å². The molecule has 1 amide bonds. The van der Waals surface area contributed by atoms with E-state index in [1.54, 1.807) is 0 Å². The first-order valence-electron chi connectivity index (χ1n) is 3.45. The number of hydrogen-bond acceptors (Lipinski definition) is 2. The van der Waals surface area contributed by atoms with Crippen molar-refractivity contribution >= 4 is 5.91 Å². The molecule has 0 aliphatic rings. The Balaban J connectivity index is 4.23. The minimum Gasteiger partial charge on any atom is -0.383 e. The maximum atomic E-state index is 12.2. The SMILES string of the molecule is COCCNC(=O)C(F)(F)C(F)(F)F. The van der Waals surface area contributed by atoms with Gasteiger partial charge in [0, 0.05) is 13.7 Å². The summed E-state index contributed by atoms with van der Waals surface area (Å²) in [6, 6.07) is 0. The predicted molar refractivity (Wildman–Crippen MR) is 35.9 cm³/mol. The number of rotatable bonds is 4. The Kier molecular flexibility index (Phi) is 4.24. The number of hydrogen-bond donors (Lipinski definition) is 1. The van der Waals surface area contributed by atoms with Crippen LogP contribution in [-0.2, 0) is 9.53 Å². The Hall–Kier alpha value is -0.920. The number of methoxy groups -OCH3 is 1. The highest BCUT2D eigenvalue weighted by molar-refractivity contribution is 5.84. The van der Waals surface area contributed by atoms with Gasteiger partial charge in [0.1, 0.15) is 0 Å². The number of halogens is 5. The normalized spacial score (nSPS) is 12.7. The highest BCUT2D eigenvalue weighted by Crippen LogP contribution is 2.35. The van der Waals surface area contributed by atoms with E-state index >= 15 is 0 Å². The molecule has 0 aromatic carbocycles. The maximum absolute atomic E-state index is 12.2. The molecule has 0 atom stereocenters. The van der Waals surface area contributed by atoms with Crippen LogP contribution < -0.4 is 5.32 Å². The van der Waals surface area contributed by atoms with E-state index in [-0.39, 0.29) is 6.61 Å². The molecule has 84 valence electrons. The number of ether oxygens (including phenoxy) is 1. The largest absolute Gasteiger partial charge is 0.463 e. The van der Waals surface area contributed by atoms with Crippen LogP contribution in [0.15, 0.2) is 0 Å². The van der Waals surface area contributed by atoms with Gasteiger partial charge < -0.3 is 10.1 Å². The van der Waals surface area contributed by atoms with Crippen LogP contribution in [0.3, 0.4) is 0 Å². The lowest BCUT2D eigenvalue weighted by Crippen LogP contribution is -2.50. The molecule has 0 saturated carbocycles. The fourth-order valence-corrected chi connectivity index (χ4v) is 0.506. The van der Waals surface area contributed by atoms with Crippen molar-refractivity contribution in [1.82, 2.24) is 5.32 Å².